The van der Waals surface area contributed by atoms with Gasteiger partial charge >= 0.3 is 12.1 Å². The molecule has 0 atom stereocenters. The van der Waals surface area contributed by atoms with Gasteiger partial charge in [0.1, 0.15) is 6.61 Å². The molecule has 1 N–H and O–H groups in total. The second-order valence-electron chi connectivity index (χ2n) is 9.73. The van der Waals surface area contributed by atoms with E-state index in [0.29, 0.717) is 32.2 Å². The SMILES string of the molecule is CCOC(=O)CCNC(=O)/C=C/c1cn(CCC2CCN(C(=O)OCc3ccccc3)CC2)c2ccccc12. The lowest BCUT2D eigenvalue weighted by atomic mass is 9.94. The van der Waals surface area contributed by atoms with E-state index in [4.69, 9.17) is 9.47 Å². The zero-order valence-corrected chi connectivity index (χ0v) is 22.5. The number of esters is 1. The highest BCUT2D eigenvalue weighted by Crippen LogP contribution is 2.26. The van der Waals surface area contributed by atoms with Gasteiger partial charge < -0.3 is 24.3 Å². The molecule has 0 unspecified atom stereocenters. The molecule has 3 aromatic rings. The third-order valence-corrected chi connectivity index (χ3v) is 7.02. The van der Waals surface area contributed by atoms with Crippen molar-refractivity contribution in [1.29, 1.82) is 0 Å². The van der Waals surface area contributed by atoms with Crippen LogP contribution >= 0.6 is 0 Å². The Hall–Kier alpha value is -4.07. The van der Waals surface area contributed by atoms with Crippen molar-refractivity contribution in [3.63, 3.8) is 0 Å². The van der Waals surface area contributed by atoms with Gasteiger partial charge in [-0.25, -0.2) is 4.79 Å². The number of hydrogen-bond donors (Lipinski definition) is 1. The molecule has 0 spiro atoms. The molecule has 0 saturated carbocycles. The Labute approximate surface area is 229 Å². The van der Waals surface area contributed by atoms with Crippen LogP contribution < -0.4 is 5.32 Å². The van der Waals surface area contributed by atoms with Crippen molar-refractivity contribution < 1.29 is 23.9 Å². The predicted octanol–water partition coefficient (Wildman–Crippen LogP) is 5.16. The fraction of sp³-hybridized carbons (Fsp3) is 0.387. The van der Waals surface area contributed by atoms with E-state index in [0.717, 1.165) is 47.8 Å². The maximum absolute atomic E-state index is 12.5. The Morgan fingerprint density at radius 3 is 2.51 bits per heavy atom. The van der Waals surface area contributed by atoms with Crippen LogP contribution in [-0.2, 0) is 32.2 Å². The number of carbonyl (C=O) groups is 3. The van der Waals surface area contributed by atoms with Crippen LogP contribution in [0, 0.1) is 5.92 Å². The lowest BCUT2D eigenvalue weighted by Gasteiger charge is -2.31. The van der Waals surface area contributed by atoms with Crippen molar-refractivity contribution in [2.24, 2.45) is 5.92 Å². The summed E-state index contributed by atoms with van der Waals surface area (Å²) in [6.45, 7) is 4.92. The molecule has 0 radical (unpaired) electrons. The lowest BCUT2D eigenvalue weighted by molar-refractivity contribution is -0.142. The maximum atomic E-state index is 12.5. The molecular weight excluding hydrogens is 494 g/mol. The first-order valence-electron chi connectivity index (χ1n) is 13.7. The van der Waals surface area contributed by atoms with E-state index in [2.05, 4.69) is 28.2 Å². The van der Waals surface area contributed by atoms with Crippen molar-refractivity contribution in [3.05, 3.63) is 78.0 Å². The van der Waals surface area contributed by atoms with Crippen molar-refractivity contribution in [2.45, 2.75) is 45.8 Å². The number of para-hydroxylation sites is 1. The number of rotatable bonds is 11. The topological polar surface area (TPSA) is 89.9 Å². The molecule has 4 rings (SSSR count). The van der Waals surface area contributed by atoms with Crippen LogP contribution in [-0.4, -0.2) is 53.7 Å². The Morgan fingerprint density at radius 1 is 1.00 bits per heavy atom. The number of aryl methyl sites for hydroxylation is 1. The van der Waals surface area contributed by atoms with E-state index < -0.39 is 0 Å². The first kappa shape index (κ1) is 28.0. The molecule has 1 fully saturated rings. The third-order valence-electron chi connectivity index (χ3n) is 7.02. The maximum Gasteiger partial charge on any atom is 0.410 e. The Morgan fingerprint density at radius 2 is 1.74 bits per heavy atom. The van der Waals surface area contributed by atoms with Gasteiger partial charge in [-0.3, -0.25) is 9.59 Å². The molecule has 2 amide bonds. The minimum absolute atomic E-state index is 0.153. The summed E-state index contributed by atoms with van der Waals surface area (Å²) >= 11 is 0. The summed E-state index contributed by atoms with van der Waals surface area (Å²) in [6.07, 6.45) is 8.25. The summed E-state index contributed by atoms with van der Waals surface area (Å²) in [5.41, 5.74) is 3.09. The molecule has 39 heavy (non-hydrogen) atoms. The van der Waals surface area contributed by atoms with Crippen LogP contribution in [0.2, 0.25) is 0 Å². The minimum Gasteiger partial charge on any atom is -0.466 e. The summed E-state index contributed by atoms with van der Waals surface area (Å²) in [4.78, 5) is 37.9. The minimum atomic E-state index is -0.321. The zero-order chi connectivity index (χ0) is 27.5. The molecule has 8 nitrogen and oxygen atoms in total. The lowest BCUT2D eigenvalue weighted by Crippen LogP contribution is -2.38. The number of piperidine rings is 1. The summed E-state index contributed by atoms with van der Waals surface area (Å²) in [5, 5.41) is 3.81. The number of likely N-dealkylation sites (tertiary alicyclic amines) is 1. The Balaban J connectivity index is 1.26. The van der Waals surface area contributed by atoms with E-state index in [1.165, 1.54) is 6.08 Å². The summed E-state index contributed by atoms with van der Waals surface area (Å²) in [7, 11) is 0. The van der Waals surface area contributed by atoms with Crippen molar-refractivity contribution >= 4 is 34.9 Å². The van der Waals surface area contributed by atoms with Crippen molar-refractivity contribution in [3.8, 4) is 0 Å². The molecule has 2 aromatic carbocycles. The second-order valence-corrected chi connectivity index (χ2v) is 9.73. The third kappa shape index (κ3) is 8.21. The first-order valence-corrected chi connectivity index (χ1v) is 13.7. The highest BCUT2D eigenvalue weighted by molar-refractivity contribution is 5.96. The first-order chi connectivity index (χ1) is 19.0. The van der Waals surface area contributed by atoms with Gasteiger partial charge in [-0.1, -0.05) is 48.5 Å². The zero-order valence-electron chi connectivity index (χ0n) is 22.5. The quantitative estimate of drug-likeness (QED) is 0.273. The molecule has 1 aromatic heterocycles. The van der Waals surface area contributed by atoms with Gasteiger partial charge in [0.2, 0.25) is 5.91 Å². The molecule has 0 bridgehead atoms. The fourth-order valence-electron chi connectivity index (χ4n) is 4.87. The Kier molecular flexibility index (Phi) is 10.2. The van der Waals surface area contributed by atoms with Gasteiger partial charge in [-0.05, 0) is 49.8 Å². The molecule has 8 heteroatoms. The number of carbonyl (C=O) groups excluding carboxylic acids is 3. The number of ether oxygens (including phenoxy) is 2. The van der Waals surface area contributed by atoms with Crippen molar-refractivity contribution in [1.82, 2.24) is 14.8 Å². The number of aromatic nitrogens is 1. The summed E-state index contributed by atoms with van der Waals surface area (Å²) < 4.78 is 12.6. The smallest absolute Gasteiger partial charge is 0.410 e. The van der Waals surface area contributed by atoms with Gasteiger partial charge in [-0.2, -0.15) is 0 Å². The van der Waals surface area contributed by atoms with Crippen LogP contribution in [0.15, 0.2) is 66.9 Å². The van der Waals surface area contributed by atoms with E-state index in [1.807, 2.05) is 53.4 Å². The highest BCUT2D eigenvalue weighted by Gasteiger charge is 2.24. The van der Waals surface area contributed by atoms with Gasteiger partial charge in [0.25, 0.3) is 0 Å². The molecule has 206 valence electrons. The van der Waals surface area contributed by atoms with Crippen molar-refractivity contribution in [2.75, 3.05) is 26.2 Å². The van der Waals surface area contributed by atoms with E-state index in [9.17, 15) is 14.4 Å². The number of fused-ring (bicyclic) bond motifs is 1. The van der Waals surface area contributed by atoms with E-state index in [1.54, 1.807) is 6.92 Å². The normalized spacial score (nSPS) is 14.0. The van der Waals surface area contributed by atoms with Gasteiger partial charge in [0.05, 0.1) is 13.0 Å². The van der Waals surface area contributed by atoms with E-state index >= 15 is 0 Å². The van der Waals surface area contributed by atoms with Crippen LogP contribution in [0.3, 0.4) is 0 Å². The fourth-order valence-corrected chi connectivity index (χ4v) is 4.87. The largest absolute Gasteiger partial charge is 0.466 e. The average molecular weight is 532 g/mol. The van der Waals surface area contributed by atoms with Crippen LogP contribution in [0.25, 0.3) is 17.0 Å². The average Bonchev–Trinajstić information content (AvgIpc) is 3.32. The number of hydrogen-bond acceptors (Lipinski definition) is 5. The van der Waals surface area contributed by atoms with Crippen LogP contribution in [0.4, 0.5) is 4.79 Å². The van der Waals surface area contributed by atoms with Crippen LogP contribution in [0.5, 0.6) is 0 Å². The second kappa shape index (κ2) is 14.2. The molecule has 1 aliphatic heterocycles. The summed E-state index contributed by atoms with van der Waals surface area (Å²) in [5.74, 6) is -0.0304. The standard InChI is InChI=1S/C31H37N3O5/c1-2-38-30(36)14-18-32-29(35)13-12-26-22-34(28-11-7-6-10-27(26)28)21-17-24-15-19-33(20-16-24)31(37)39-23-25-8-4-3-5-9-25/h3-13,22,24H,2,14-21,23H2,1H3,(H,32,35)/b13-12+. The van der Waals surface area contributed by atoms with E-state index in [-0.39, 0.29) is 30.9 Å². The predicted molar refractivity (Wildman–Crippen MR) is 151 cm³/mol. The number of nitrogens with one attached hydrogen (secondary N) is 1. The van der Waals surface area contributed by atoms with Gasteiger partial charge in [0.15, 0.2) is 0 Å². The molecule has 2 heterocycles. The number of nitrogens with zero attached hydrogens (tertiary/aromatic N) is 2. The Bertz CT molecular complexity index is 1280. The monoisotopic (exact) mass is 531 g/mol. The van der Waals surface area contributed by atoms with Gasteiger partial charge in [-0.15, -0.1) is 0 Å². The van der Waals surface area contributed by atoms with Crippen LogP contribution in [0.1, 0.15) is 43.7 Å². The van der Waals surface area contributed by atoms with Gasteiger partial charge in [0, 0.05) is 54.9 Å². The summed E-state index contributed by atoms with van der Waals surface area (Å²) in [6, 6.07) is 17.9. The number of amides is 2. The molecule has 0 aliphatic carbocycles. The molecule has 1 saturated heterocycles. The number of benzene rings is 2. The highest BCUT2D eigenvalue weighted by atomic mass is 16.6. The molecule has 1 aliphatic rings. The molecular formula is C31H37N3O5.